The van der Waals surface area contributed by atoms with Crippen molar-refractivity contribution in [2.24, 2.45) is 0 Å². The number of carbonyl (C=O) groups is 2. The zero-order chi connectivity index (χ0) is 23.8. The van der Waals surface area contributed by atoms with Crippen LogP contribution < -0.4 is 10.1 Å². The second kappa shape index (κ2) is 11.1. The summed E-state index contributed by atoms with van der Waals surface area (Å²) in [5.41, 5.74) is 3.45. The highest BCUT2D eigenvalue weighted by Crippen LogP contribution is 2.36. The number of ether oxygens (including phenoxy) is 2. The molecule has 0 bridgehead atoms. The van der Waals surface area contributed by atoms with Gasteiger partial charge in [0.1, 0.15) is 28.0 Å². The summed E-state index contributed by atoms with van der Waals surface area (Å²) in [6.07, 6.45) is 2.36. The van der Waals surface area contributed by atoms with Gasteiger partial charge in [-0.1, -0.05) is 49.4 Å². The number of anilines is 1. The molecule has 1 heterocycles. The first-order valence-corrected chi connectivity index (χ1v) is 11.3. The van der Waals surface area contributed by atoms with Crippen LogP contribution >= 0.6 is 11.3 Å². The van der Waals surface area contributed by atoms with Gasteiger partial charge < -0.3 is 14.8 Å². The molecule has 0 saturated heterocycles. The van der Waals surface area contributed by atoms with Crippen LogP contribution in [-0.4, -0.2) is 25.6 Å². The molecule has 1 aromatic heterocycles. The summed E-state index contributed by atoms with van der Waals surface area (Å²) in [6, 6.07) is 16.9. The van der Waals surface area contributed by atoms with Crippen LogP contribution in [-0.2, 0) is 16.0 Å². The molecule has 1 amide bonds. The SMILES string of the molecule is CCOC(=O)c1c(-c2ccc(CC)cc2)csc1NC(=O)/C(C#N)=C/c1ccccc1OC. The fraction of sp³-hybridized carbons (Fsp3) is 0.192. The highest BCUT2D eigenvalue weighted by molar-refractivity contribution is 7.15. The Labute approximate surface area is 197 Å². The van der Waals surface area contributed by atoms with E-state index in [1.165, 1.54) is 30.1 Å². The van der Waals surface area contributed by atoms with Crippen LogP contribution in [0.3, 0.4) is 0 Å². The molecule has 0 atom stereocenters. The van der Waals surface area contributed by atoms with Gasteiger partial charge in [0.2, 0.25) is 0 Å². The van der Waals surface area contributed by atoms with Crippen molar-refractivity contribution < 1.29 is 19.1 Å². The van der Waals surface area contributed by atoms with Crippen LogP contribution in [0.25, 0.3) is 17.2 Å². The zero-order valence-electron chi connectivity index (χ0n) is 18.7. The molecular formula is C26H24N2O4S. The van der Waals surface area contributed by atoms with Crippen molar-refractivity contribution in [2.45, 2.75) is 20.3 Å². The number of thiophene rings is 1. The van der Waals surface area contributed by atoms with Crippen LogP contribution in [0.15, 0.2) is 59.5 Å². The molecule has 6 nitrogen and oxygen atoms in total. The van der Waals surface area contributed by atoms with Crippen LogP contribution in [0.4, 0.5) is 5.00 Å². The van der Waals surface area contributed by atoms with Crippen LogP contribution in [0.2, 0.25) is 0 Å². The highest BCUT2D eigenvalue weighted by atomic mass is 32.1. The first kappa shape index (κ1) is 23.8. The number of aryl methyl sites for hydroxylation is 1. The van der Waals surface area contributed by atoms with Crippen molar-refractivity contribution in [3.8, 4) is 22.9 Å². The maximum absolute atomic E-state index is 12.9. The molecule has 7 heteroatoms. The average molecular weight is 461 g/mol. The van der Waals surface area contributed by atoms with Crippen molar-refractivity contribution in [1.82, 2.24) is 0 Å². The van der Waals surface area contributed by atoms with Gasteiger partial charge in [0.25, 0.3) is 5.91 Å². The minimum Gasteiger partial charge on any atom is -0.496 e. The van der Waals surface area contributed by atoms with Crippen molar-refractivity contribution in [3.63, 3.8) is 0 Å². The Morgan fingerprint density at radius 3 is 2.48 bits per heavy atom. The summed E-state index contributed by atoms with van der Waals surface area (Å²) in [5, 5.41) is 14.4. The number of para-hydroxylation sites is 1. The van der Waals surface area contributed by atoms with Gasteiger partial charge in [-0.05, 0) is 36.6 Å². The second-order valence-electron chi connectivity index (χ2n) is 6.99. The Morgan fingerprint density at radius 1 is 1.12 bits per heavy atom. The van der Waals surface area contributed by atoms with Gasteiger partial charge in [-0.2, -0.15) is 5.26 Å². The molecule has 3 rings (SSSR count). The van der Waals surface area contributed by atoms with Gasteiger partial charge in [0, 0.05) is 16.5 Å². The van der Waals surface area contributed by atoms with E-state index in [9.17, 15) is 14.9 Å². The first-order valence-electron chi connectivity index (χ1n) is 10.5. The number of nitrogens with zero attached hydrogens (tertiary/aromatic N) is 1. The molecule has 0 fully saturated rings. The molecule has 33 heavy (non-hydrogen) atoms. The van der Waals surface area contributed by atoms with Crippen LogP contribution in [0, 0.1) is 11.3 Å². The number of rotatable bonds is 8. The van der Waals surface area contributed by atoms with E-state index in [0.29, 0.717) is 21.9 Å². The van der Waals surface area contributed by atoms with Crippen molar-refractivity contribution in [2.75, 3.05) is 19.0 Å². The Morgan fingerprint density at radius 2 is 1.85 bits per heavy atom. The smallest absolute Gasteiger partial charge is 0.341 e. The predicted molar refractivity (Wildman–Crippen MR) is 130 cm³/mol. The monoisotopic (exact) mass is 460 g/mol. The zero-order valence-corrected chi connectivity index (χ0v) is 19.5. The van der Waals surface area contributed by atoms with E-state index in [2.05, 4.69) is 12.2 Å². The quantitative estimate of drug-likeness (QED) is 0.264. The van der Waals surface area contributed by atoms with E-state index in [1.54, 1.807) is 36.6 Å². The summed E-state index contributed by atoms with van der Waals surface area (Å²) < 4.78 is 10.5. The predicted octanol–water partition coefficient (Wildman–Crippen LogP) is 5.71. The minimum atomic E-state index is -0.622. The molecule has 168 valence electrons. The van der Waals surface area contributed by atoms with E-state index in [0.717, 1.165) is 12.0 Å². The number of esters is 1. The summed E-state index contributed by atoms with van der Waals surface area (Å²) in [5.74, 6) is -0.612. The Balaban J connectivity index is 1.97. The lowest BCUT2D eigenvalue weighted by Gasteiger charge is -2.09. The molecule has 0 aliphatic heterocycles. The first-order chi connectivity index (χ1) is 16.0. The summed E-state index contributed by atoms with van der Waals surface area (Å²) in [6.45, 7) is 4.00. The lowest BCUT2D eigenvalue weighted by Crippen LogP contribution is -2.16. The standard InChI is InChI=1S/C26H24N2O4S/c1-4-17-10-12-18(13-11-17)21-16-33-25(23(21)26(30)32-5-2)28-24(29)20(15-27)14-19-8-6-7-9-22(19)31-3/h6-14,16H,4-5H2,1-3H3,(H,28,29)/b20-14+. The van der Waals surface area contributed by atoms with Crippen molar-refractivity contribution >= 4 is 34.3 Å². The minimum absolute atomic E-state index is 0.114. The Bertz CT molecular complexity index is 1220. The molecule has 0 radical (unpaired) electrons. The number of nitriles is 1. The summed E-state index contributed by atoms with van der Waals surface area (Å²) in [7, 11) is 1.52. The number of nitrogens with one attached hydrogen (secondary N) is 1. The van der Waals surface area contributed by atoms with E-state index in [1.807, 2.05) is 30.3 Å². The average Bonchev–Trinajstić information content (AvgIpc) is 3.26. The molecule has 2 aromatic carbocycles. The van der Waals surface area contributed by atoms with Gasteiger partial charge in [-0.25, -0.2) is 4.79 Å². The number of methoxy groups -OCH3 is 1. The van der Waals surface area contributed by atoms with E-state index in [4.69, 9.17) is 9.47 Å². The normalized spacial score (nSPS) is 10.9. The topological polar surface area (TPSA) is 88.4 Å². The number of carbonyl (C=O) groups excluding carboxylic acids is 2. The lowest BCUT2D eigenvalue weighted by molar-refractivity contribution is -0.112. The molecule has 1 N–H and O–H groups in total. The summed E-state index contributed by atoms with van der Waals surface area (Å²) in [4.78, 5) is 25.7. The fourth-order valence-electron chi connectivity index (χ4n) is 3.25. The molecule has 3 aromatic rings. The second-order valence-corrected chi connectivity index (χ2v) is 7.87. The molecule has 0 spiro atoms. The number of benzene rings is 2. The number of hydrogen-bond acceptors (Lipinski definition) is 6. The van der Waals surface area contributed by atoms with Gasteiger partial charge >= 0.3 is 5.97 Å². The molecule has 0 unspecified atom stereocenters. The van der Waals surface area contributed by atoms with Crippen LogP contribution in [0.5, 0.6) is 5.75 Å². The lowest BCUT2D eigenvalue weighted by atomic mass is 10.0. The largest absolute Gasteiger partial charge is 0.496 e. The number of hydrogen-bond donors (Lipinski definition) is 1. The Kier molecular flexibility index (Phi) is 8.01. The highest BCUT2D eigenvalue weighted by Gasteiger charge is 2.24. The van der Waals surface area contributed by atoms with E-state index in [-0.39, 0.29) is 17.7 Å². The van der Waals surface area contributed by atoms with Gasteiger partial charge in [-0.3, -0.25) is 4.79 Å². The number of amides is 1. The van der Waals surface area contributed by atoms with Gasteiger partial charge in [0.15, 0.2) is 0 Å². The third kappa shape index (κ3) is 5.48. The molecular weight excluding hydrogens is 436 g/mol. The van der Waals surface area contributed by atoms with E-state index >= 15 is 0 Å². The van der Waals surface area contributed by atoms with Crippen LogP contribution in [0.1, 0.15) is 35.3 Å². The Hall–Kier alpha value is -3.89. The molecule has 0 aliphatic carbocycles. The van der Waals surface area contributed by atoms with Gasteiger partial charge in [-0.15, -0.1) is 11.3 Å². The molecule has 0 aliphatic rings. The summed E-state index contributed by atoms with van der Waals surface area (Å²) >= 11 is 1.21. The van der Waals surface area contributed by atoms with Gasteiger partial charge in [0.05, 0.1) is 13.7 Å². The van der Waals surface area contributed by atoms with Crippen molar-refractivity contribution in [3.05, 3.63) is 76.2 Å². The maximum Gasteiger partial charge on any atom is 0.341 e. The van der Waals surface area contributed by atoms with E-state index < -0.39 is 11.9 Å². The maximum atomic E-state index is 12.9. The fourth-order valence-corrected chi connectivity index (χ4v) is 4.20. The van der Waals surface area contributed by atoms with Crippen molar-refractivity contribution in [1.29, 1.82) is 5.26 Å². The third-order valence-electron chi connectivity index (χ3n) is 4.97. The molecule has 0 saturated carbocycles. The third-order valence-corrected chi connectivity index (χ3v) is 5.87.